The molecule has 0 saturated carbocycles. The van der Waals surface area contributed by atoms with Crippen molar-refractivity contribution in [2.24, 2.45) is 0 Å². The Balaban J connectivity index is 2.17. The average molecular weight is 289 g/mol. The molecule has 2 rings (SSSR count). The summed E-state index contributed by atoms with van der Waals surface area (Å²) in [5, 5.41) is 15.8. The Bertz CT molecular complexity index is 686. The first kappa shape index (κ1) is 14.4. The lowest BCUT2D eigenvalue weighted by molar-refractivity contribution is -0.385. The summed E-state index contributed by atoms with van der Waals surface area (Å²) in [6, 6.07) is 9.65. The standard InChI is InChI=1S/C14H12FN3O3/c1-16-10-4-2-9(3-5-10)14(19)17-13-7-6-11(18(20)21)8-12(13)15/h2-8,16H,1H3,(H,17,19). The van der Waals surface area contributed by atoms with Crippen molar-refractivity contribution in [2.75, 3.05) is 17.7 Å². The Morgan fingerprint density at radius 1 is 1.19 bits per heavy atom. The van der Waals surface area contributed by atoms with Gasteiger partial charge in [0.05, 0.1) is 16.7 Å². The highest BCUT2D eigenvalue weighted by atomic mass is 19.1. The number of nitro groups is 1. The fraction of sp³-hybridized carbons (Fsp3) is 0.0714. The monoisotopic (exact) mass is 289 g/mol. The van der Waals surface area contributed by atoms with Gasteiger partial charge in [-0.2, -0.15) is 0 Å². The molecule has 0 spiro atoms. The molecule has 108 valence electrons. The number of nitrogens with zero attached hydrogens (tertiary/aromatic N) is 1. The predicted molar refractivity (Wildman–Crippen MR) is 77.0 cm³/mol. The topological polar surface area (TPSA) is 84.3 Å². The number of halogens is 1. The minimum absolute atomic E-state index is 0.108. The van der Waals surface area contributed by atoms with Gasteiger partial charge in [-0.1, -0.05) is 0 Å². The molecule has 0 radical (unpaired) electrons. The summed E-state index contributed by atoms with van der Waals surface area (Å²) in [6.45, 7) is 0. The van der Waals surface area contributed by atoms with E-state index in [9.17, 15) is 19.3 Å². The van der Waals surface area contributed by atoms with E-state index in [2.05, 4.69) is 10.6 Å². The van der Waals surface area contributed by atoms with E-state index in [4.69, 9.17) is 0 Å². The molecule has 2 aromatic carbocycles. The van der Waals surface area contributed by atoms with E-state index < -0.39 is 16.6 Å². The molecule has 0 aliphatic rings. The van der Waals surface area contributed by atoms with E-state index in [1.807, 2.05) is 0 Å². The third-order valence-corrected chi connectivity index (χ3v) is 2.85. The van der Waals surface area contributed by atoms with E-state index in [0.29, 0.717) is 5.56 Å². The van der Waals surface area contributed by atoms with Crippen LogP contribution in [0.4, 0.5) is 21.5 Å². The van der Waals surface area contributed by atoms with Crippen molar-refractivity contribution in [2.45, 2.75) is 0 Å². The fourth-order valence-corrected chi connectivity index (χ4v) is 1.70. The van der Waals surface area contributed by atoms with Gasteiger partial charge in [0, 0.05) is 24.4 Å². The van der Waals surface area contributed by atoms with Crippen LogP contribution in [0.5, 0.6) is 0 Å². The molecular weight excluding hydrogens is 277 g/mol. The largest absolute Gasteiger partial charge is 0.388 e. The summed E-state index contributed by atoms with van der Waals surface area (Å²) < 4.78 is 13.7. The second-order valence-electron chi connectivity index (χ2n) is 4.20. The number of carbonyl (C=O) groups excluding carboxylic acids is 1. The van der Waals surface area contributed by atoms with Crippen LogP contribution in [0.15, 0.2) is 42.5 Å². The number of carbonyl (C=O) groups is 1. The van der Waals surface area contributed by atoms with Gasteiger partial charge in [0.15, 0.2) is 5.82 Å². The first-order chi connectivity index (χ1) is 10.0. The van der Waals surface area contributed by atoms with Crippen LogP contribution >= 0.6 is 0 Å². The number of hydrogen-bond acceptors (Lipinski definition) is 4. The molecule has 0 bridgehead atoms. The second-order valence-corrected chi connectivity index (χ2v) is 4.20. The molecule has 0 atom stereocenters. The summed E-state index contributed by atoms with van der Waals surface area (Å²) in [5.41, 5.74) is 0.715. The number of non-ortho nitro benzene ring substituents is 1. The zero-order chi connectivity index (χ0) is 15.4. The van der Waals surface area contributed by atoms with Crippen molar-refractivity contribution in [3.63, 3.8) is 0 Å². The van der Waals surface area contributed by atoms with Crippen LogP contribution in [-0.2, 0) is 0 Å². The Morgan fingerprint density at radius 2 is 1.86 bits per heavy atom. The molecule has 0 unspecified atom stereocenters. The zero-order valence-electron chi connectivity index (χ0n) is 11.1. The molecule has 0 aromatic heterocycles. The molecule has 2 aromatic rings. The van der Waals surface area contributed by atoms with Crippen molar-refractivity contribution in [3.05, 3.63) is 64.0 Å². The molecule has 2 N–H and O–H groups in total. The zero-order valence-corrected chi connectivity index (χ0v) is 11.1. The van der Waals surface area contributed by atoms with Crippen LogP contribution in [0, 0.1) is 15.9 Å². The Kier molecular flexibility index (Phi) is 4.13. The third-order valence-electron chi connectivity index (χ3n) is 2.85. The first-order valence-corrected chi connectivity index (χ1v) is 6.04. The lowest BCUT2D eigenvalue weighted by Gasteiger charge is -2.07. The first-order valence-electron chi connectivity index (χ1n) is 6.04. The van der Waals surface area contributed by atoms with E-state index in [-0.39, 0.29) is 11.4 Å². The number of benzene rings is 2. The summed E-state index contributed by atoms with van der Waals surface area (Å²) in [4.78, 5) is 21.8. The van der Waals surface area contributed by atoms with Crippen LogP contribution in [0.2, 0.25) is 0 Å². The highest BCUT2D eigenvalue weighted by Crippen LogP contribution is 2.21. The number of nitrogens with one attached hydrogen (secondary N) is 2. The maximum absolute atomic E-state index is 13.7. The van der Waals surface area contributed by atoms with Gasteiger partial charge < -0.3 is 10.6 Å². The molecule has 1 amide bonds. The van der Waals surface area contributed by atoms with Gasteiger partial charge in [-0.05, 0) is 30.3 Å². The maximum atomic E-state index is 13.7. The van der Waals surface area contributed by atoms with E-state index in [1.54, 1.807) is 31.3 Å². The quantitative estimate of drug-likeness (QED) is 0.669. The minimum Gasteiger partial charge on any atom is -0.388 e. The summed E-state index contributed by atoms with van der Waals surface area (Å²) in [6.07, 6.45) is 0. The van der Waals surface area contributed by atoms with Gasteiger partial charge in [-0.15, -0.1) is 0 Å². The molecule has 0 saturated heterocycles. The van der Waals surface area contributed by atoms with Gasteiger partial charge >= 0.3 is 0 Å². The smallest absolute Gasteiger partial charge is 0.272 e. The number of anilines is 2. The van der Waals surface area contributed by atoms with Gasteiger partial charge in [0.25, 0.3) is 11.6 Å². The van der Waals surface area contributed by atoms with E-state index in [0.717, 1.165) is 23.9 Å². The summed E-state index contributed by atoms with van der Waals surface area (Å²) in [5.74, 6) is -1.35. The predicted octanol–water partition coefficient (Wildman–Crippen LogP) is 3.03. The highest BCUT2D eigenvalue weighted by molar-refractivity contribution is 6.04. The normalized spacial score (nSPS) is 10.0. The SMILES string of the molecule is CNc1ccc(C(=O)Nc2ccc([N+](=O)[O-])cc2F)cc1. The Labute approximate surface area is 119 Å². The summed E-state index contributed by atoms with van der Waals surface area (Å²) >= 11 is 0. The van der Waals surface area contributed by atoms with Crippen molar-refractivity contribution in [1.29, 1.82) is 0 Å². The molecule has 7 heteroatoms. The highest BCUT2D eigenvalue weighted by Gasteiger charge is 2.13. The minimum atomic E-state index is -0.857. The van der Waals surface area contributed by atoms with Crippen LogP contribution in [-0.4, -0.2) is 17.9 Å². The lowest BCUT2D eigenvalue weighted by atomic mass is 10.2. The molecule has 21 heavy (non-hydrogen) atoms. The van der Waals surface area contributed by atoms with Crippen LogP contribution in [0.1, 0.15) is 10.4 Å². The van der Waals surface area contributed by atoms with E-state index in [1.165, 1.54) is 0 Å². The molecule has 0 heterocycles. The van der Waals surface area contributed by atoms with E-state index >= 15 is 0 Å². The molecule has 0 aliphatic heterocycles. The summed E-state index contributed by atoms with van der Waals surface area (Å²) in [7, 11) is 1.75. The van der Waals surface area contributed by atoms with Gasteiger partial charge in [-0.25, -0.2) is 4.39 Å². The number of rotatable bonds is 4. The molecular formula is C14H12FN3O3. The van der Waals surface area contributed by atoms with Crippen molar-refractivity contribution in [1.82, 2.24) is 0 Å². The average Bonchev–Trinajstić information content (AvgIpc) is 2.49. The molecule has 0 fully saturated rings. The van der Waals surface area contributed by atoms with Crippen LogP contribution in [0.3, 0.4) is 0 Å². The van der Waals surface area contributed by atoms with Crippen molar-refractivity contribution in [3.8, 4) is 0 Å². The van der Waals surface area contributed by atoms with Crippen LogP contribution < -0.4 is 10.6 Å². The van der Waals surface area contributed by atoms with Gasteiger partial charge in [0.1, 0.15) is 0 Å². The third kappa shape index (κ3) is 3.33. The number of nitro benzene ring substituents is 1. The van der Waals surface area contributed by atoms with Gasteiger partial charge in [-0.3, -0.25) is 14.9 Å². The van der Waals surface area contributed by atoms with Crippen molar-refractivity contribution >= 4 is 23.0 Å². The number of amides is 1. The number of hydrogen-bond donors (Lipinski definition) is 2. The lowest BCUT2D eigenvalue weighted by Crippen LogP contribution is -2.13. The molecule has 6 nitrogen and oxygen atoms in total. The van der Waals surface area contributed by atoms with Gasteiger partial charge in [0.2, 0.25) is 0 Å². The molecule has 0 aliphatic carbocycles. The van der Waals surface area contributed by atoms with Crippen molar-refractivity contribution < 1.29 is 14.1 Å². The maximum Gasteiger partial charge on any atom is 0.272 e. The second kappa shape index (κ2) is 6.00. The Morgan fingerprint density at radius 3 is 2.38 bits per heavy atom. The fourth-order valence-electron chi connectivity index (χ4n) is 1.70. The van der Waals surface area contributed by atoms with Crippen LogP contribution in [0.25, 0.3) is 0 Å². The Hall–Kier alpha value is -2.96.